The van der Waals surface area contributed by atoms with Gasteiger partial charge in [0, 0.05) is 24.7 Å². The lowest BCUT2D eigenvalue weighted by molar-refractivity contribution is 0.122. The van der Waals surface area contributed by atoms with Crippen LogP contribution < -0.4 is 10.6 Å². The highest BCUT2D eigenvalue weighted by Crippen LogP contribution is 2.32. The molecule has 0 saturated carbocycles. The largest absolute Gasteiger partial charge is 0.378 e. The molecule has 3 heterocycles. The van der Waals surface area contributed by atoms with E-state index in [-0.39, 0.29) is 11.9 Å². The Morgan fingerprint density at radius 3 is 2.77 bits per heavy atom. The number of morpholine rings is 1. The fraction of sp³-hybridized carbons (Fsp3) is 0.368. The Morgan fingerprint density at radius 1 is 1.27 bits per heavy atom. The molecule has 6 nitrogen and oxygen atoms in total. The lowest BCUT2D eigenvalue weighted by Crippen LogP contribution is -2.35. The summed E-state index contributed by atoms with van der Waals surface area (Å²) in [5.41, 5.74) is 10.2. The summed E-state index contributed by atoms with van der Waals surface area (Å²) in [6.45, 7) is 6.68. The number of hydrogen-bond acceptors (Lipinski definition) is 5. The first-order valence-electron chi connectivity index (χ1n) is 8.77. The van der Waals surface area contributed by atoms with Gasteiger partial charge in [0.25, 0.3) is 0 Å². The van der Waals surface area contributed by atoms with E-state index in [4.69, 9.17) is 10.5 Å². The van der Waals surface area contributed by atoms with E-state index in [2.05, 4.69) is 15.0 Å². The maximum Gasteiger partial charge on any atom is 0.137 e. The van der Waals surface area contributed by atoms with Gasteiger partial charge in [0.05, 0.1) is 30.6 Å². The van der Waals surface area contributed by atoms with Crippen LogP contribution in [0.25, 0.3) is 16.8 Å². The van der Waals surface area contributed by atoms with Crippen LogP contribution in [0.1, 0.15) is 24.1 Å². The van der Waals surface area contributed by atoms with E-state index in [9.17, 15) is 0 Å². The fourth-order valence-corrected chi connectivity index (χ4v) is 3.49. The summed E-state index contributed by atoms with van der Waals surface area (Å²) in [6, 6.07) is 5.42. The molecule has 26 heavy (non-hydrogen) atoms. The van der Waals surface area contributed by atoms with Crippen molar-refractivity contribution in [1.82, 2.24) is 14.6 Å². The molecule has 1 aliphatic heterocycles. The maximum atomic E-state index is 15.0. The van der Waals surface area contributed by atoms with Crippen molar-refractivity contribution in [2.24, 2.45) is 5.73 Å². The first-order valence-corrected chi connectivity index (χ1v) is 8.77. The lowest BCUT2D eigenvalue weighted by Gasteiger charge is -2.27. The van der Waals surface area contributed by atoms with Crippen molar-refractivity contribution in [2.45, 2.75) is 19.9 Å². The van der Waals surface area contributed by atoms with Crippen LogP contribution in [0, 0.1) is 12.7 Å². The fourth-order valence-electron chi connectivity index (χ4n) is 3.49. The number of nitrogens with two attached hydrogens (primary N) is 1. The Bertz CT molecular complexity index is 946. The third-order valence-electron chi connectivity index (χ3n) is 4.94. The molecule has 1 fully saturated rings. The van der Waals surface area contributed by atoms with Gasteiger partial charge >= 0.3 is 0 Å². The van der Waals surface area contributed by atoms with Gasteiger partial charge in [0.2, 0.25) is 0 Å². The van der Waals surface area contributed by atoms with Gasteiger partial charge < -0.3 is 15.4 Å². The quantitative estimate of drug-likeness (QED) is 0.782. The molecule has 0 amide bonds. The first kappa shape index (κ1) is 16.9. The second-order valence-corrected chi connectivity index (χ2v) is 6.67. The van der Waals surface area contributed by atoms with E-state index in [1.54, 1.807) is 17.5 Å². The number of halogens is 1. The zero-order chi connectivity index (χ0) is 18.3. The monoisotopic (exact) mass is 355 g/mol. The molecular formula is C19H22FN5O. The molecule has 7 heteroatoms. The molecule has 3 aromatic rings. The molecule has 1 atom stereocenters. The van der Waals surface area contributed by atoms with Crippen LogP contribution in [0.15, 0.2) is 30.7 Å². The topological polar surface area (TPSA) is 68.7 Å². The van der Waals surface area contributed by atoms with Gasteiger partial charge in [-0.25, -0.2) is 13.9 Å². The van der Waals surface area contributed by atoms with Gasteiger partial charge in [0.1, 0.15) is 17.8 Å². The van der Waals surface area contributed by atoms with Crippen molar-refractivity contribution >= 4 is 11.2 Å². The predicted molar refractivity (Wildman–Crippen MR) is 98.8 cm³/mol. The molecule has 4 rings (SSSR count). The zero-order valence-electron chi connectivity index (χ0n) is 14.9. The first-order chi connectivity index (χ1) is 12.6. The Morgan fingerprint density at radius 2 is 2.04 bits per heavy atom. The van der Waals surface area contributed by atoms with Crippen molar-refractivity contribution in [3.63, 3.8) is 0 Å². The van der Waals surface area contributed by atoms with E-state index < -0.39 is 0 Å². The molecule has 1 saturated heterocycles. The van der Waals surface area contributed by atoms with Crippen LogP contribution >= 0.6 is 0 Å². The minimum atomic E-state index is -0.283. The third-order valence-corrected chi connectivity index (χ3v) is 4.94. The predicted octanol–water partition coefficient (Wildman–Crippen LogP) is 2.70. The molecule has 1 aliphatic rings. The normalized spacial score (nSPS) is 16.2. The summed E-state index contributed by atoms with van der Waals surface area (Å²) in [7, 11) is 0. The highest BCUT2D eigenvalue weighted by Gasteiger charge is 2.19. The number of rotatable bonds is 3. The van der Waals surface area contributed by atoms with Crippen molar-refractivity contribution in [3.8, 4) is 11.3 Å². The summed E-state index contributed by atoms with van der Waals surface area (Å²) >= 11 is 0. The Kier molecular flexibility index (Phi) is 4.34. The number of hydrogen-bond donors (Lipinski definition) is 1. The van der Waals surface area contributed by atoms with E-state index >= 15 is 4.39 Å². The number of fused-ring (bicyclic) bond motifs is 1. The standard InChI is InChI=1S/C19H22FN5O/c1-12-15(13(2)21)3-4-16(18(12)20)19-17-9-14(10-25(17)23-11-22-19)24-5-7-26-8-6-24/h3-4,9-11,13H,5-8,21H2,1-2H3/t13-/m1/s1. The van der Waals surface area contributed by atoms with Gasteiger partial charge in [-0.3, -0.25) is 0 Å². The Hall–Kier alpha value is -2.51. The van der Waals surface area contributed by atoms with Crippen molar-refractivity contribution in [3.05, 3.63) is 47.7 Å². The summed E-state index contributed by atoms with van der Waals surface area (Å²) in [4.78, 5) is 6.60. The summed E-state index contributed by atoms with van der Waals surface area (Å²) < 4.78 is 22.2. The van der Waals surface area contributed by atoms with E-state index in [0.717, 1.165) is 29.9 Å². The molecule has 136 valence electrons. The molecule has 2 N–H and O–H groups in total. The molecule has 0 bridgehead atoms. The average Bonchev–Trinajstić information content (AvgIpc) is 3.09. The minimum absolute atomic E-state index is 0.217. The maximum absolute atomic E-state index is 15.0. The van der Waals surface area contributed by atoms with E-state index in [0.29, 0.717) is 30.0 Å². The Balaban J connectivity index is 1.82. The molecule has 0 radical (unpaired) electrons. The van der Waals surface area contributed by atoms with Gasteiger partial charge in [-0.2, -0.15) is 5.10 Å². The summed E-state index contributed by atoms with van der Waals surface area (Å²) in [6.07, 6.45) is 3.41. The van der Waals surface area contributed by atoms with Crippen LogP contribution in [-0.4, -0.2) is 40.9 Å². The van der Waals surface area contributed by atoms with Crippen molar-refractivity contribution in [1.29, 1.82) is 0 Å². The van der Waals surface area contributed by atoms with Crippen molar-refractivity contribution in [2.75, 3.05) is 31.2 Å². The SMILES string of the molecule is Cc1c([C@@H](C)N)ccc(-c2ncnn3cc(N4CCOCC4)cc23)c1F. The van der Waals surface area contributed by atoms with Crippen LogP contribution in [0.5, 0.6) is 0 Å². The highest BCUT2D eigenvalue weighted by atomic mass is 19.1. The van der Waals surface area contributed by atoms with Crippen LogP contribution in [0.4, 0.5) is 10.1 Å². The number of ether oxygens (including phenoxy) is 1. The molecule has 1 aromatic carbocycles. The van der Waals surface area contributed by atoms with Crippen LogP contribution in [0.3, 0.4) is 0 Å². The number of aromatic nitrogens is 3. The smallest absolute Gasteiger partial charge is 0.137 e. The van der Waals surface area contributed by atoms with Crippen LogP contribution in [0.2, 0.25) is 0 Å². The van der Waals surface area contributed by atoms with Gasteiger partial charge in [-0.1, -0.05) is 6.07 Å². The average molecular weight is 355 g/mol. The van der Waals surface area contributed by atoms with Crippen LogP contribution in [-0.2, 0) is 4.74 Å². The van der Waals surface area contributed by atoms with E-state index in [1.807, 2.05) is 25.3 Å². The molecule has 2 aromatic heterocycles. The van der Waals surface area contributed by atoms with E-state index in [1.165, 1.54) is 6.33 Å². The zero-order valence-corrected chi connectivity index (χ0v) is 14.9. The molecule has 0 spiro atoms. The molecule has 0 aliphatic carbocycles. The Labute approximate surface area is 151 Å². The van der Waals surface area contributed by atoms with Gasteiger partial charge in [-0.05, 0) is 37.1 Å². The summed E-state index contributed by atoms with van der Waals surface area (Å²) in [5, 5.41) is 4.29. The summed E-state index contributed by atoms with van der Waals surface area (Å²) in [5.74, 6) is -0.283. The third kappa shape index (κ3) is 2.83. The number of nitrogens with zero attached hydrogens (tertiary/aromatic N) is 4. The number of benzene rings is 1. The highest BCUT2D eigenvalue weighted by molar-refractivity contribution is 5.80. The molecule has 0 unspecified atom stereocenters. The number of anilines is 1. The lowest BCUT2D eigenvalue weighted by atomic mass is 9.98. The minimum Gasteiger partial charge on any atom is -0.378 e. The second kappa shape index (κ2) is 6.66. The van der Waals surface area contributed by atoms with Crippen molar-refractivity contribution < 1.29 is 9.13 Å². The van der Waals surface area contributed by atoms with Gasteiger partial charge in [0.15, 0.2) is 0 Å². The second-order valence-electron chi connectivity index (χ2n) is 6.67. The molecular weight excluding hydrogens is 333 g/mol. The van der Waals surface area contributed by atoms with Gasteiger partial charge in [-0.15, -0.1) is 0 Å².